The first-order valence-electron chi connectivity index (χ1n) is 8.77. The van der Waals surface area contributed by atoms with Gasteiger partial charge in [-0.15, -0.1) is 0 Å². The molecule has 138 valence electrons. The molecule has 7 nitrogen and oxygen atoms in total. The number of fused-ring (bicyclic) bond motifs is 4. The van der Waals surface area contributed by atoms with Crippen LogP contribution in [0.15, 0.2) is 18.2 Å². The molecule has 1 aromatic heterocycles. The van der Waals surface area contributed by atoms with Crippen LogP contribution in [0.2, 0.25) is 0 Å². The highest BCUT2D eigenvalue weighted by Crippen LogP contribution is 2.21. The number of halogens is 1. The van der Waals surface area contributed by atoms with Crippen LogP contribution >= 0.6 is 0 Å². The number of aromatic nitrogens is 2. The van der Waals surface area contributed by atoms with E-state index in [4.69, 9.17) is 4.74 Å². The molecule has 1 aromatic carbocycles. The van der Waals surface area contributed by atoms with Crippen molar-refractivity contribution in [1.29, 1.82) is 0 Å². The Labute approximate surface area is 150 Å². The number of aromatic amines is 1. The highest BCUT2D eigenvalue weighted by Gasteiger charge is 2.38. The molecule has 2 atom stereocenters. The molecule has 2 aliphatic heterocycles. The monoisotopic (exact) mass is 360 g/mol. The lowest BCUT2D eigenvalue weighted by Crippen LogP contribution is -2.45. The lowest BCUT2D eigenvalue weighted by atomic mass is 10.1. The second kappa shape index (κ2) is 6.68. The third-order valence-electron chi connectivity index (χ3n) is 5.17. The molecule has 3 heterocycles. The van der Waals surface area contributed by atoms with E-state index in [1.807, 2.05) is 0 Å². The summed E-state index contributed by atoms with van der Waals surface area (Å²) in [7, 11) is 1.77. The fraction of sp³-hybridized carbons (Fsp3) is 0.500. The fourth-order valence-corrected chi connectivity index (χ4v) is 3.64. The van der Waals surface area contributed by atoms with Crippen molar-refractivity contribution in [2.75, 3.05) is 33.4 Å². The van der Waals surface area contributed by atoms with Crippen LogP contribution in [0, 0.1) is 11.7 Å². The maximum atomic E-state index is 13.3. The first kappa shape index (κ1) is 17.0. The molecule has 2 aliphatic rings. The van der Waals surface area contributed by atoms with Crippen LogP contribution < -0.4 is 0 Å². The number of hydrogen-bond acceptors (Lipinski definition) is 4. The van der Waals surface area contributed by atoms with E-state index in [0.717, 1.165) is 0 Å². The van der Waals surface area contributed by atoms with Gasteiger partial charge in [-0.1, -0.05) is 0 Å². The smallest absolute Gasteiger partial charge is 0.229 e. The van der Waals surface area contributed by atoms with Crippen LogP contribution in [0.4, 0.5) is 4.39 Å². The number of benzene rings is 1. The average molecular weight is 360 g/mol. The molecule has 0 unspecified atom stereocenters. The highest BCUT2D eigenvalue weighted by molar-refractivity contribution is 5.82. The van der Waals surface area contributed by atoms with Crippen molar-refractivity contribution < 1.29 is 18.7 Å². The molecule has 0 saturated carbocycles. The molecule has 2 aromatic rings. The first-order chi connectivity index (χ1) is 12.5. The molecule has 0 spiro atoms. The van der Waals surface area contributed by atoms with Gasteiger partial charge in [0.25, 0.3) is 0 Å². The minimum absolute atomic E-state index is 0.00311. The molecule has 2 bridgehead atoms. The Kier molecular flexibility index (Phi) is 4.36. The third kappa shape index (κ3) is 3.16. The molecular weight excluding hydrogens is 339 g/mol. The quantitative estimate of drug-likeness (QED) is 0.884. The summed E-state index contributed by atoms with van der Waals surface area (Å²) < 4.78 is 18.8. The molecule has 1 N–H and O–H groups in total. The van der Waals surface area contributed by atoms with E-state index in [1.165, 1.54) is 12.1 Å². The molecule has 2 saturated heterocycles. The normalized spacial score (nSPS) is 23.4. The van der Waals surface area contributed by atoms with E-state index in [0.29, 0.717) is 56.0 Å². The highest BCUT2D eigenvalue weighted by atomic mass is 19.1. The maximum absolute atomic E-state index is 13.3. The van der Waals surface area contributed by atoms with Gasteiger partial charge in [-0.25, -0.2) is 9.37 Å². The number of imidazole rings is 1. The number of likely N-dealkylation sites (N-methyl/N-ethyl adjacent to an activating group) is 1. The Bertz CT molecular complexity index is 852. The number of carbonyl (C=O) groups is 2. The van der Waals surface area contributed by atoms with Crippen LogP contribution in [-0.4, -0.2) is 71.0 Å². The van der Waals surface area contributed by atoms with Crippen molar-refractivity contribution >= 4 is 22.8 Å². The van der Waals surface area contributed by atoms with E-state index < -0.39 is 0 Å². The van der Waals surface area contributed by atoms with Crippen molar-refractivity contribution in [3.05, 3.63) is 29.8 Å². The number of nitrogens with one attached hydrogen (secondary N) is 1. The zero-order chi connectivity index (χ0) is 18.3. The Balaban J connectivity index is 1.43. The minimum atomic E-state index is -0.323. The molecule has 2 amide bonds. The van der Waals surface area contributed by atoms with Crippen LogP contribution in [0.25, 0.3) is 11.0 Å². The van der Waals surface area contributed by atoms with Crippen LogP contribution in [-0.2, 0) is 20.7 Å². The van der Waals surface area contributed by atoms with E-state index in [2.05, 4.69) is 9.97 Å². The lowest BCUT2D eigenvalue weighted by molar-refractivity contribution is -0.134. The number of ether oxygens (including phenoxy) is 1. The van der Waals surface area contributed by atoms with Gasteiger partial charge in [-0.3, -0.25) is 9.59 Å². The van der Waals surface area contributed by atoms with E-state index >= 15 is 0 Å². The third-order valence-corrected chi connectivity index (χ3v) is 5.17. The van der Waals surface area contributed by atoms with Gasteiger partial charge in [0.15, 0.2) is 0 Å². The molecule has 4 rings (SSSR count). The summed E-state index contributed by atoms with van der Waals surface area (Å²) in [6.07, 6.45) is 0.738. The predicted molar refractivity (Wildman–Crippen MR) is 91.8 cm³/mol. The maximum Gasteiger partial charge on any atom is 0.229 e. The van der Waals surface area contributed by atoms with Crippen molar-refractivity contribution in [3.63, 3.8) is 0 Å². The van der Waals surface area contributed by atoms with Crippen molar-refractivity contribution in [2.45, 2.75) is 18.9 Å². The number of nitrogens with zero attached hydrogens (tertiary/aromatic N) is 3. The average Bonchev–Trinajstić information content (AvgIpc) is 2.90. The van der Waals surface area contributed by atoms with Gasteiger partial charge in [-0.05, 0) is 18.2 Å². The number of hydrogen-bond donors (Lipinski definition) is 1. The largest absolute Gasteiger partial charge is 0.378 e. The Morgan fingerprint density at radius 2 is 2.23 bits per heavy atom. The summed E-state index contributed by atoms with van der Waals surface area (Å²) in [5, 5.41) is 0. The van der Waals surface area contributed by atoms with Gasteiger partial charge >= 0.3 is 0 Å². The van der Waals surface area contributed by atoms with Crippen molar-refractivity contribution in [3.8, 4) is 0 Å². The van der Waals surface area contributed by atoms with Crippen LogP contribution in [0.3, 0.4) is 0 Å². The number of H-pyrrole nitrogens is 1. The summed E-state index contributed by atoms with van der Waals surface area (Å²) in [5.41, 5.74) is 1.31. The summed E-state index contributed by atoms with van der Waals surface area (Å²) in [5.74, 6) is 0.0748. The van der Waals surface area contributed by atoms with Crippen molar-refractivity contribution in [1.82, 2.24) is 19.8 Å². The van der Waals surface area contributed by atoms with Gasteiger partial charge in [0.2, 0.25) is 11.8 Å². The van der Waals surface area contributed by atoms with Crippen molar-refractivity contribution in [2.24, 2.45) is 5.92 Å². The first-order valence-corrected chi connectivity index (χ1v) is 8.77. The fourth-order valence-electron chi connectivity index (χ4n) is 3.64. The molecule has 2 fully saturated rings. The Morgan fingerprint density at radius 1 is 1.38 bits per heavy atom. The predicted octanol–water partition coefficient (Wildman–Crippen LogP) is 0.950. The molecular formula is C18H21FN4O3. The van der Waals surface area contributed by atoms with Gasteiger partial charge in [-0.2, -0.15) is 0 Å². The van der Waals surface area contributed by atoms with Gasteiger partial charge in [0, 0.05) is 33.0 Å². The lowest BCUT2D eigenvalue weighted by Gasteiger charge is -2.29. The zero-order valence-electron chi connectivity index (χ0n) is 14.6. The molecule has 8 heteroatoms. The molecule has 26 heavy (non-hydrogen) atoms. The van der Waals surface area contributed by atoms with Crippen LogP contribution in [0.5, 0.6) is 0 Å². The number of carbonyl (C=O) groups excluding carboxylic acids is 2. The second-order valence-corrected chi connectivity index (χ2v) is 6.98. The minimum Gasteiger partial charge on any atom is -0.378 e. The summed E-state index contributed by atoms with van der Waals surface area (Å²) in [4.78, 5) is 36.0. The van der Waals surface area contributed by atoms with E-state index in [1.54, 1.807) is 22.9 Å². The van der Waals surface area contributed by atoms with E-state index in [9.17, 15) is 14.0 Å². The van der Waals surface area contributed by atoms with E-state index in [-0.39, 0.29) is 29.6 Å². The Morgan fingerprint density at radius 3 is 3.08 bits per heavy atom. The Hall–Kier alpha value is -2.48. The second-order valence-electron chi connectivity index (χ2n) is 6.98. The van der Waals surface area contributed by atoms with Gasteiger partial charge in [0.1, 0.15) is 11.6 Å². The standard InChI is InChI=1S/C18H21FN4O3/c1-22-13-8-23(7-11(18(22)25)9-26-10-13)17(24)5-4-16-20-14-3-2-12(19)6-15(14)21-16/h2-3,6,11,13H,4-5,7-10H2,1H3,(H,20,21)/t11-,13+/m1/s1. The molecule has 0 radical (unpaired) electrons. The zero-order valence-corrected chi connectivity index (χ0v) is 14.6. The number of amides is 2. The van der Waals surface area contributed by atoms with Crippen LogP contribution in [0.1, 0.15) is 12.2 Å². The summed E-state index contributed by atoms with van der Waals surface area (Å²) in [6, 6.07) is 4.27. The van der Waals surface area contributed by atoms with Gasteiger partial charge < -0.3 is 19.5 Å². The summed E-state index contributed by atoms with van der Waals surface area (Å²) >= 11 is 0. The topological polar surface area (TPSA) is 78.5 Å². The SMILES string of the molecule is CN1C(=O)[C@H]2COC[C@@H]1CN(C(=O)CCc1nc3ccc(F)cc3[nH]1)C2. The molecule has 0 aliphatic carbocycles. The van der Waals surface area contributed by atoms with Gasteiger partial charge in [0.05, 0.1) is 36.2 Å². The number of rotatable bonds is 3. The number of aryl methyl sites for hydroxylation is 1. The summed E-state index contributed by atoms with van der Waals surface area (Å²) in [6.45, 7) is 1.70.